The number of rotatable bonds is 11. The average Bonchev–Trinajstić information content (AvgIpc) is 3.00. The number of amides is 1. The molecule has 0 spiro atoms. The van der Waals surface area contributed by atoms with Crippen molar-refractivity contribution in [2.24, 2.45) is 11.7 Å². The maximum absolute atomic E-state index is 14.0. The van der Waals surface area contributed by atoms with E-state index in [0.717, 1.165) is 16.7 Å². The van der Waals surface area contributed by atoms with Crippen molar-refractivity contribution in [2.75, 3.05) is 13.6 Å². The van der Waals surface area contributed by atoms with E-state index in [-0.39, 0.29) is 18.4 Å². The summed E-state index contributed by atoms with van der Waals surface area (Å²) >= 11 is 6.78. The van der Waals surface area contributed by atoms with Gasteiger partial charge < -0.3 is 15.4 Å². The Balaban J connectivity index is 1.78. The van der Waals surface area contributed by atoms with Crippen molar-refractivity contribution in [3.8, 4) is 0 Å². The third-order valence-electron chi connectivity index (χ3n) is 7.32. The van der Waals surface area contributed by atoms with Gasteiger partial charge in [-0.2, -0.15) is 0 Å². The molecule has 2 N–H and O–H groups in total. The van der Waals surface area contributed by atoms with Crippen molar-refractivity contribution in [3.63, 3.8) is 0 Å². The van der Waals surface area contributed by atoms with E-state index in [1.54, 1.807) is 18.0 Å². The van der Waals surface area contributed by atoms with Crippen molar-refractivity contribution < 1.29 is 14.3 Å². The lowest BCUT2D eigenvalue weighted by Gasteiger charge is -2.36. The van der Waals surface area contributed by atoms with E-state index in [9.17, 15) is 9.59 Å². The second kappa shape index (κ2) is 13.4. The van der Waals surface area contributed by atoms with Gasteiger partial charge in [0, 0.05) is 41.3 Å². The van der Waals surface area contributed by atoms with Crippen molar-refractivity contribution in [3.05, 3.63) is 143 Å². The van der Waals surface area contributed by atoms with Gasteiger partial charge in [-0.1, -0.05) is 121 Å². The van der Waals surface area contributed by atoms with Gasteiger partial charge in [-0.3, -0.25) is 9.59 Å². The van der Waals surface area contributed by atoms with Crippen LogP contribution in [0.2, 0.25) is 5.02 Å². The lowest BCUT2D eigenvalue weighted by molar-refractivity contribution is -0.157. The van der Waals surface area contributed by atoms with Gasteiger partial charge in [0.2, 0.25) is 5.91 Å². The quantitative estimate of drug-likeness (QED) is 0.176. The molecule has 4 aromatic carbocycles. The Morgan fingerprint density at radius 2 is 1.32 bits per heavy atom. The molecule has 5 nitrogen and oxygen atoms in total. The minimum Gasteiger partial charge on any atom is -0.444 e. The molecule has 0 heterocycles. The van der Waals surface area contributed by atoms with Crippen LogP contribution >= 0.6 is 11.6 Å². The van der Waals surface area contributed by atoms with Crippen LogP contribution in [0.5, 0.6) is 0 Å². The monoisotopic (exact) mass is 554 g/mol. The molecule has 0 unspecified atom stereocenters. The SMILES string of the molecule is C[C@@H](CN)N(C)C(=O)[C@@H](CC(=O)OC(c1ccccc1)(c1ccccc1)c1ccccc1Cl)Cc1ccccc1. The molecule has 0 aliphatic rings. The summed E-state index contributed by atoms with van der Waals surface area (Å²) in [6.45, 7) is 2.21. The molecule has 40 heavy (non-hydrogen) atoms. The van der Waals surface area contributed by atoms with Crippen LogP contribution in [0.25, 0.3) is 0 Å². The highest BCUT2D eigenvalue weighted by Gasteiger charge is 2.42. The molecule has 206 valence electrons. The molecule has 4 aromatic rings. The zero-order valence-electron chi connectivity index (χ0n) is 22.9. The van der Waals surface area contributed by atoms with Gasteiger partial charge in [-0.25, -0.2) is 0 Å². The number of nitrogens with two attached hydrogens (primary N) is 1. The first-order valence-electron chi connectivity index (χ1n) is 13.5. The Labute approximate surface area is 241 Å². The predicted octanol–water partition coefficient (Wildman–Crippen LogP) is 6.23. The van der Waals surface area contributed by atoms with E-state index in [1.807, 2.05) is 116 Å². The number of benzene rings is 4. The van der Waals surface area contributed by atoms with Crippen LogP contribution in [0.1, 0.15) is 35.6 Å². The van der Waals surface area contributed by atoms with Gasteiger partial charge in [-0.05, 0) is 25.0 Å². The number of likely N-dealkylation sites (N-methyl/N-ethyl adjacent to an activating group) is 1. The molecular weight excluding hydrogens is 520 g/mol. The van der Waals surface area contributed by atoms with Crippen molar-refractivity contribution in [2.45, 2.75) is 31.4 Å². The van der Waals surface area contributed by atoms with E-state index in [0.29, 0.717) is 23.6 Å². The lowest BCUT2D eigenvalue weighted by atomic mass is 9.80. The second-order valence-corrected chi connectivity index (χ2v) is 10.4. The Hall–Kier alpha value is -3.93. The first kappa shape index (κ1) is 29.1. The minimum atomic E-state index is -1.32. The molecule has 0 radical (unpaired) electrons. The molecule has 4 rings (SSSR count). The molecule has 0 aliphatic heterocycles. The smallest absolute Gasteiger partial charge is 0.308 e. The molecule has 0 aliphatic carbocycles. The Morgan fingerprint density at radius 3 is 1.85 bits per heavy atom. The van der Waals surface area contributed by atoms with Crippen LogP contribution in [0.3, 0.4) is 0 Å². The number of ether oxygens (including phenoxy) is 1. The van der Waals surface area contributed by atoms with E-state index in [2.05, 4.69) is 0 Å². The molecule has 6 heteroatoms. The normalized spacial score (nSPS) is 12.8. The van der Waals surface area contributed by atoms with Gasteiger partial charge in [0.25, 0.3) is 0 Å². The molecular formula is C34H35ClN2O3. The summed E-state index contributed by atoms with van der Waals surface area (Å²) in [6, 6.07) is 36.0. The van der Waals surface area contributed by atoms with E-state index < -0.39 is 17.5 Å². The molecule has 0 bridgehead atoms. The van der Waals surface area contributed by atoms with Gasteiger partial charge in [-0.15, -0.1) is 0 Å². The topological polar surface area (TPSA) is 72.6 Å². The van der Waals surface area contributed by atoms with E-state index >= 15 is 0 Å². The maximum Gasteiger partial charge on any atom is 0.308 e. The van der Waals surface area contributed by atoms with Gasteiger partial charge in [0.05, 0.1) is 12.3 Å². The molecule has 0 fully saturated rings. The molecule has 0 saturated carbocycles. The van der Waals surface area contributed by atoms with Crippen LogP contribution in [-0.4, -0.2) is 36.4 Å². The number of carbonyl (C=O) groups excluding carboxylic acids is 2. The van der Waals surface area contributed by atoms with Crippen molar-refractivity contribution >= 4 is 23.5 Å². The van der Waals surface area contributed by atoms with Crippen LogP contribution in [0.15, 0.2) is 115 Å². The number of hydrogen-bond acceptors (Lipinski definition) is 4. The predicted molar refractivity (Wildman–Crippen MR) is 160 cm³/mol. The first-order valence-corrected chi connectivity index (χ1v) is 13.8. The fraction of sp³-hybridized carbons (Fsp3) is 0.235. The fourth-order valence-corrected chi connectivity index (χ4v) is 5.23. The van der Waals surface area contributed by atoms with Gasteiger partial charge in [0.15, 0.2) is 5.60 Å². The largest absolute Gasteiger partial charge is 0.444 e. The minimum absolute atomic E-state index is 0.110. The zero-order chi connectivity index (χ0) is 28.5. The van der Waals surface area contributed by atoms with Crippen LogP contribution in [0.4, 0.5) is 0 Å². The summed E-state index contributed by atoms with van der Waals surface area (Å²) in [5.41, 5.74) is 7.64. The summed E-state index contributed by atoms with van der Waals surface area (Å²) < 4.78 is 6.54. The third-order valence-corrected chi connectivity index (χ3v) is 7.65. The number of carbonyl (C=O) groups is 2. The highest BCUT2D eigenvalue weighted by atomic mass is 35.5. The number of hydrogen-bond donors (Lipinski definition) is 1. The molecule has 0 saturated heterocycles. The highest BCUT2D eigenvalue weighted by molar-refractivity contribution is 6.31. The summed E-state index contributed by atoms with van der Waals surface area (Å²) in [7, 11) is 1.73. The molecule has 2 atom stereocenters. The van der Waals surface area contributed by atoms with Crippen molar-refractivity contribution in [1.82, 2.24) is 4.90 Å². The van der Waals surface area contributed by atoms with E-state index in [1.165, 1.54) is 0 Å². The van der Waals surface area contributed by atoms with Crippen LogP contribution < -0.4 is 5.73 Å². The molecule has 1 amide bonds. The third kappa shape index (κ3) is 6.44. The Morgan fingerprint density at radius 1 is 0.825 bits per heavy atom. The van der Waals surface area contributed by atoms with E-state index in [4.69, 9.17) is 22.1 Å². The summed E-state index contributed by atoms with van der Waals surface area (Å²) in [5.74, 6) is -1.29. The van der Waals surface area contributed by atoms with Crippen LogP contribution in [0, 0.1) is 5.92 Å². The van der Waals surface area contributed by atoms with Crippen molar-refractivity contribution in [1.29, 1.82) is 0 Å². The van der Waals surface area contributed by atoms with Gasteiger partial charge in [0.1, 0.15) is 0 Å². The summed E-state index contributed by atoms with van der Waals surface area (Å²) in [5, 5.41) is 0.469. The first-order chi connectivity index (χ1) is 19.4. The Bertz CT molecular complexity index is 1360. The number of halogens is 1. The Kier molecular flexibility index (Phi) is 9.75. The van der Waals surface area contributed by atoms with Crippen LogP contribution in [-0.2, 0) is 26.3 Å². The zero-order valence-corrected chi connectivity index (χ0v) is 23.6. The lowest BCUT2D eigenvalue weighted by Crippen LogP contribution is -2.44. The number of nitrogens with zero attached hydrogens (tertiary/aromatic N) is 1. The number of esters is 1. The summed E-state index contributed by atoms with van der Waals surface area (Å²) in [6.07, 6.45) is 0.285. The average molecular weight is 555 g/mol. The molecule has 0 aromatic heterocycles. The summed E-state index contributed by atoms with van der Waals surface area (Å²) in [4.78, 5) is 29.3. The highest BCUT2D eigenvalue weighted by Crippen LogP contribution is 2.43. The fourth-order valence-electron chi connectivity index (χ4n) is 4.97. The standard InChI is InChI=1S/C34H35ClN2O3/c1-25(24-36)37(2)33(39)27(22-26-14-6-3-7-15-26)23-32(38)40-34(28-16-8-4-9-17-28,29-18-10-5-11-19-29)30-20-12-13-21-31(30)35/h3-21,25,27H,22-24,36H2,1-2H3/t25-,27+/m0/s1. The van der Waals surface area contributed by atoms with Gasteiger partial charge >= 0.3 is 5.97 Å². The second-order valence-electron chi connectivity index (χ2n) is 9.99. The maximum atomic E-state index is 14.0.